The monoisotopic (exact) mass is 266 g/mol. The number of hydrogen-bond acceptors (Lipinski definition) is 2. The van der Waals surface area contributed by atoms with Crippen molar-refractivity contribution in [3.8, 4) is 0 Å². The van der Waals surface area contributed by atoms with Gasteiger partial charge in [-0.1, -0.05) is 27.4 Å². The van der Waals surface area contributed by atoms with Crippen LogP contribution in [0.5, 0.6) is 0 Å². The standard InChI is InChI=1S/C16H30N2O/c1-5-9-17-11-14(4)12-18-10-8-15(13(2)3)6-7-16(18)19/h13,15,17H,4-12H2,1-3H3. The van der Waals surface area contributed by atoms with Gasteiger partial charge in [0.25, 0.3) is 0 Å². The van der Waals surface area contributed by atoms with Gasteiger partial charge in [0.15, 0.2) is 0 Å². The van der Waals surface area contributed by atoms with Crippen LogP contribution in [0.2, 0.25) is 0 Å². The Morgan fingerprint density at radius 2 is 2.21 bits per heavy atom. The van der Waals surface area contributed by atoms with E-state index in [2.05, 4.69) is 32.7 Å². The number of carbonyl (C=O) groups is 1. The minimum absolute atomic E-state index is 0.305. The maximum Gasteiger partial charge on any atom is 0.222 e. The first kappa shape index (κ1) is 16.2. The Morgan fingerprint density at radius 1 is 1.47 bits per heavy atom. The van der Waals surface area contributed by atoms with Gasteiger partial charge >= 0.3 is 0 Å². The van der Waals surface area contributed by atoms with Gasteiger partial charge in [0, 0.05) is 26.1 Å². The van der Waals surface area contributed by atoms with Crippen molar-refractivity contribution >= 4 is 5.91 Å². The number of rotatable bonds is 7. The van der Waals surface area contributed by atoms with Gasteiger partial charge in [0.05, 0.1) is 0 Å². The van der Waals surface area contributed by atoms with E-state index < -0.39 is 0 Å². The second-order valence-electron chi connectivity index (χ2n) is 6.07. The highest BCUT2D eigenvalue weighted by Gasteiger charge is 2.24. The molecule has 110 valence electrons. The first-order chi connectivity index (χ1) is 9.04. The Kier molecular flexibility index (Phi) is 7.14. The Hall–Kier alpha value is -0.830. The molecule has 0 aromatic heterocycles. The third-order valence-electron chi connectivity index (χ3n) is 4.01. The lowest BCUT2D eigenvalue weighted by molar-refractivity contribution is -0.130. The average Bonchev–Trinajstić information content (AvgIpc) is 2.53. The summed E-state index contributed by atoms with van der Waals surface area (Å²) in [6, 6.07) is 0. The van der Waals surface area contributed by atoms with Crippen LogP contribution in [0, 0.1) is 11.8 Å². The van der Waals surface area contributed by atoms with Gasteiger partial charge in [-0.05, 0) is 43.2 Å². The van der Waals surface area contributed by atoms with E-state index in [0.29, 0.717) is 24.2 Å². The van der Waals surface area contributed by atoms with Crippen LogP contribution in [0.4, 0.5) is 0 Å². The molecule has 1 N–H and O–H groups in total. The first-order valence-electron chi connectivity index (χ1n) is 7.69. The smallest absolute Gasteiger partial charge is 0.222 e. The van der Waals surface area contributed by atoms with Crippen LogP contribution in [0.3, 0.4) is 0 Å². The molecule has 0 spiro atoms. The number of amides is 1. The van der Waals surface area contributed by atoms with Crippen LogP contribution < -0.4 is 5.32 Å². The molecule has 1 heterocycles. The summed E-state index contributed by atoms with van der Waals surface area (Å²) >= 11 is 0. The molecule has 1 unspecified atom stereocenters. The van der Waals surface area contributed by atoms with E-state index in [-0.39, 0.29) is 0 Å². The quantitative estimate of drug-likeness (QED) is 0.567. The summed E-state index contributed by atoms with van der Waals surface area (Å²) in [4.78, 5) is 14.1. The molecule has 3 nitrogen and oxygen atoms in total. The lowest BCUT2D eigenvalue weighted by Crippen LogP contribution is -2.34. The van der Waals surface area contributed by atoms with E-state index in [0.717, 1.165) is 51.0 Å². The molecule has 1 saturated heterocycles. The van der Waals surface area contributed by atoms with Crippen molar-refractivity contribution in [2.75, 3.05) is 26.2 Å². The summed E-state index contributed by atoms with van der Waals surface area (Å²) in [5.41, 5.74) is 1.12. The van der Waals surface area contributed by atoms with Crippen molar-refractivity contribution in [1.82, 2.24) is 10.2 Å². The van der Waals surface area contributed by atoms with E-state index in [1.807, 2.05) is 4.90 Å². The second kappa shape index (κ2) is 8.36. The molecule has 0 radical (unpaired) electrons. The van der Waals surface area contributed by atoms with Gasteiger partial charge in [-0.15, -0.1) is 0 Å². The maximum atomic E-state index is 12.1. The average molecular weight is 266 g/mol. The fourth-order valence-electron chi connectivity index (χ4n) is 2.66. The number of nitrogens with one attached hydrogen (secondary N) is 1. The fraction of sp³-hybridized carbons (Fsp3) is 0.812. The summed E-state index contributed by atoms with van der Waals surface area (Å²) in [5, 5.41) is 3.34. The van der Waals surface area contributed by atoms with E-state index in [9.17, 15) is 4.79 Å². The highest BCUT2D eigenvalue weighted by Crippen LogP contribution is 2.25. The van der Waals surface area contributed by atoms with Crippen molar-refractivity contribution in [2.24, 2.45) is 11.8 Å². The van der Waals surface area contributed by atoms with Crippen molar-refractivity contribution in [3.63, 3.8) is 0 Å². The highest BCUT2D eigenvalue weighted by atomic mass is 16.2. The number of nitrogens with zero attached hydrogens (tertiary/aromatic N) is 1. The van der Waals surface area contributed by atoms with E-state index >= 15 is 0 Å². The molecule has 1 rings (SSSR count). The molecule has 1 aliphatic heterocycles. The van der Waals surface area contributed by atoms with Crippen molar-refractivity contribution in [2.45, 2.75) is 46.5 Å². The molecule has 0 aromatic rings. The summed E-state index contributed by atoms with van der Waals surface area (Å²) in [7, 11) is 0. The summed E-state index contributed by atoms with van der Waals surface area (Å²) in [5.74, 6) is 1.68. The minimum Gasteiger partial charge on any atom is -0.339 e. The number of carbonyl (C=O) groups excluding carboxylic acids is 1. The Labute approximate surface area is 118 Å². The maximum absolute atomic E-state index is 12.1. The van der Waals surface area contributed by atoms with Crippen LogP contribution in [0.15, 0.2) is 12.2 Å². The Bertz CT molecular complexity index is 299. The fourth-order valence-corrected chi connectivity index (χ4v) is 2.66. The zero-order valence-electron chi connectivity index (χ0n) is 12.9. The predicted molar refractivity (Wildman–Crippen MR) is 81.1 cm³/mol. The molecule has 3 heteroatoms. The first-order valence-corrected chi connectivity index (χ1v) is 7.69. The molecule has 0 aliphatic carbocycles. The third-order valence-corrected chi connectivity index (χ3v) is 4.01. The molecular weight excluding hydrogens is 236 g/mol. The molecule has 19 heavy (non-hydrogen) atoms. The molecule has 0 aromatic carbocycles. The van der Waals surface area contributed by atoms with Crippen LogP contribution in [0.25, 0.3) is 0 Å². The zero-order valence-corrected chi connectivity index (χ0v) is 12.9. The SMILES string of the molecule is C=C(CNCCC)CN1CCC(C(C)C)CCC1=O. The third kappa shape index (κ3) is 5.77. The summed E-state index contributed by atoms with van der Waals surface area (Å²) in [6.07, 6.45) is 4.02. The molecule has 0 saturated carbocycles. The zero-order chi connectivity index (χ0) is 14.3. The van der Waals surface area contributed by atoms with Crippen LogP contribution in [0.1, 0.15) is 46.5 Å². The summed E-state index contributed by atoms with van der Waals surface area (Å²) < 4.78 is 0. The van der Waals surface area contributed by atoms with E-state index in [4.69, 9.17) is 0 Å². The van der Waals surface area contributed by atoms with Crippen molar-refractivity contribution < 1.29 is 4.79 Å². The number of likely N-dealkylation sites (tertiary alicyclic amines) is 1. The lowest BCUT2D eigenvalue weighted by Gasteiger charge is -2.23. The van der Waals surface area contributed by atoms with Crippen molar-refractivity contribution in [1.29, 1.82) is 0 Å². The second-order valence-corrected chi connectivity index (χ2v) is 6.07. The van der Waals surface area contributed by atoms with Crippen LogP contribution in [-0.4, -0.2) is 37.0 Å². The van der Waals surface area contributed by atoms with Gasteiger partial charge in [-0.2, -0.15) is 0 Å². The van der Waals surface area contributed by atoms with E-state index in [1.165, 1.54) is 0 Å². The predicted octanol–water partition coefficient (Wildman–Crippen LogP) is 2.83. The molecule has 1 aliphatic rings. The molecule has 1 fully saturated rings. The molecular formula is C16H30N2O. The Balaban J connectivity index is 2.40. The minimum atomic E-state index is 0.305. The molecule has 1 amide bonds. The van der Waals surface area contributed by atoms with Crippen LogP contribution >= 0.6 is 0 Å². The van der Waals surface area contributed by atoms with Gasteiger partial charge in [0.2, 0.25) is 5.91 Å². The van der Waals surface area contributed by atoms with Gasteiger partial charge in [0.1, 0.15) is 0 Å². The molecule has 1 atom stereocenters. The van der Waals surface area contributed by atoms with Gasteiger partial charge in [-0.25, -0.2) is 0 Å². The van der Waals surface area contributed by atoms with Gasteiger partial charge in [-0.3, -0.25) is 4.79 Å². The van der Waals surface area contributed by atoms with Crippen molar-refractivity contribution in [3.05, 3.63) is 12.2 Å². The lowest BCUT2D eigenvalue weighted by atomic mass is 9.89. The largest absolute Gasteiger partial charge is 0.339 e. The Morgan fingerprint density at radius 3 is 2.84 bits per heavy atom. The highest BCUT2D eigenvalue weighted by molar-refractivity contribution is 5.76. The van der Waals surface area contributed by atoms with Crippen LogP contribution in [-0.2, 0) is 4.79 Å². The normalized spacial score (nSPS) is 20.7. The van der Waals surface area contributed by atoms with E-state index in [1.54, 1.807) is 0 Å². The number of hydrogen-bond donors (Lipinski definition) is 1. The topological polar surface area (TPSA) is 32.3 Å². The summed E-state index contributed by atoms with van der Waals surface area (Å²) in [6.45, 7) is 14.2. The van der Waals surface area contributed by atoms with Gasteiger partial charge < -0.3 is 10.2 Å². The molecule has 0 bridgehead atoms.